The lowest BCUT2D eigenvalue weighted by Crippen LogP contribution is -2.13. The lowest BCUT2D eigenvalue weighted by atomic mass is 10.2. The van der Waals surface area contributed by atoms with E-state index in [2.05, 4.69) is 3.77 Å². The van der Waals surface area contributed by atoms with Gasteiger partial charge < -0.3 is 0 Å². The van der Waals surface area contributed by atoms with Crippen LogP contribution >= 0.6 is 0 Å². The van der Waals surface area contributed by atoms with Crippen LogP contribution in [0.4, 0.5) is 8.78 Å². The van der Waals surface area contributed by atoms with Crippen LogP contribution in [0.2, 0.25) is 0 Å². The van der Waals surface area contributed by atoms with Crippen molar-refractivity contribution in [2.75, 3.05) is 0 Å². The fourth-order valence-electron chi connectivity index (χ4n) is 2.40. The summed E-state index contributed by atoms with van der Waals surface area (Å²) in [6.07, 6.45) is 0. The van der Waals surface area contributed by atoms with Crippen LogP contribution in [0.3, 0.4) is 0 Å². The number of hydrogen-bond acceptors (Lipinski definition) is 3. The number of sulfonamides is 1. The molecule has 140 valence electrons. The summed E-state index contributed by atoms with van der Waals surface area (Å²) < 4.78 is 70.8. The summed E-state index contributed by atoms with van der Waals surface area (Å²) in [7, 11) is -8.46. The van der Waals surface area contributed by atoms with E-state index < -0.39 is 31.1 Å². The molecule has 3 aromatic rings. The van der Waals surface area contributed by atoms with E-state index >= 15 is 4.39 Å². The monoisotopic (exact) mass is 407 g/mol. The zero-order chi connectivity index (χ0) is 19.5. The number of alkyl halides is 1. The lowest BCUT2D eigenvalue weighted by Gasteiger charge is -2.15. The SMILES string of the molecule is O=S(=O)(N=[S@@](=O)(c1ccccc1)[C@@H](F)c1ccc(F)cc1)c1ccccc1. The van der Waals surface area contributed by atoms with Crippen LogP contribution in [0.25, 0.3) is 0 Å². The van der Waals surface area contributed by atoms with Gasteiger partial charge in [-0.2, -0.15) is 8.42 Å². The number of nitrogens with zero attached hydrogens (tertiary/aromatic N) is 1. The second-order valence-corrected chi connectivity index (χ2v) is 9.65. The van der Waals surface area contributed by atoms with Gasteiger partial charge in [0, 0.05) is 5.56 Å². The summed E-state index contributed by atoms with van der Waals surface area (Å²) >= 11 is 0. The van der Waals surface area contributed by atoms with E-state index in [0.29, 0.717) is 0 Å². The summed E-state index contributed by atoms with van der Waals surface area (Å²) in [6.45, 7) is 0. The first-order valence-electron chi connectivity index (χ1n) is 7.85. The molecule has 0 aliphatic rings. The highest BCUT2D eigenvalue weighted by Crippen LogP contribution is 2.34. The second-order valence-electron chi connectivity index (χ2n) is 5.61. The number of hydrogen-bond donors (Lipinski definition) is 0. The van der Waals surface area contributed by atoms with Gasteiger partial charge in [0.15, 0.2) is 0 Å². The fourth-order valence-corrected chi connectivity index (χ4v) is 6.37. The Balaban J connectivity index is 2.23. The van der Waals surface area contributed by atoms with E-state index in [1.807, 2.05) is 0 Å². The van der Waals surface area contributed by atoms with E-state index in [4.69, 9.17) is 0 Å². The fraction of sp³-hybridized carbons (Fsp3) is 0.0526. The third-order valence-electron chi connectivity index (χ3n) is 3.74. The largest absolute Gasteiger partial charge is 0.290 e. The second kappa shape index (κ2) is 7.58. The average molecular weight is 407 g/mol. The van der Waals surface area contributed by atoms with Crippen LogP contribution in [0.1, 0.15) is 11.1 Å². The van der Waals surface area contributed by atoms with Gasteiger partial charge in [-0.3, -0.25) is 0 Å². The molecule has 2 atom stereocenters. The summed E-state index contributed by atoms with van der Waals surface area (Å²) in [6, 6.07) is 18.8. The zero-order valence-corrected chi connectivity index (χ0v) is 15.5. The first kappa shape index (κ1) is 19.2. The summed E-state index contributed by atoms with van der Waals surface area (Å²) in [5.74, 6) is -0.592. The van der Waals surface area contributed by atoms with Crippen LogP contribution in [0, 0.1) is 5.82 Å². The van der Waals surface area contributed by atoms with Crippen molar-refractivity contribution < 1.29 is 21.4 Å². The summed E-state index contributed by atoms with van der Waals surface area (Å²) in [5.41, 5.74) is -2.39. The molecule has 27 heavy (non-hydrogen) atoms. The molecule has 0 fully saturated rings. The third-order valence-corrected chi connectivity index (χ3v) is 8.06. The van der Waals surface area contributed by atoms with Crippen molar-refractivity contribution in [1.29, 1.82) is 0 Å². The van der Waals surface area contributed by atoms with E-state index in [1.54, 1.807) is 12.1 Å². The minimum atomic E-state index is -4.39. The lowest BCUT2D eigenvalue weighted by molar-refractivity contribution is 0.449. The van der Waals surface area contributed by atoms with Gasteiger partial charge in [-0.25, -0.2) is 13.0 Å². The van der Waals surface area contributed by atoms with Gasteiger partial charge in [0.05, 0.1) is 9.79 Å². The summed E-state index contributed by atoms with van der Waals surface area (Å²) in [4.78, 5) is -0.263. The van der Waals surface area contributed by atoms with Crippen LogP contribution in [0.15, 0.2) is 98.5 Å². The number of halogens is 2. The molecule has 8 heteroatoms. The molecule has 0 unspecified atom stereocenters. The van der Waals surface area contributed by atoms with E-state index in [-0.39, 0.29) is 15.4 Å². The van der Waals surface area contributed by atoms with Gasteiger partial charge >= 0.3 is 0 Å². The van der Waals surface area contributed by atoms with Crippen molar-refractivity contribution in [3.05, 3.63) is 96.3 Å². The van der Waals surface area contributed by atoms with Crippen LogP contribution in [0.5, 0.6) is 0 Å². The van der Waals surface area contributed by atoms with E-state index in [9.17, 15) is 17.0 Å². The molecule has 0 aliphatic carbocycles. The Hall–Kier alpha value is -2.58. The molecule has 0 aromatic heterocycles. The van der Waals surface area contributed by atoms with Crippen molar-refractivity contribution in [3.8, 4) is 0 Å². The predicted molar refractivity (Wildman–Crippen MR) is 99.2 cm³/mol. The Morgan fingerprint density at radius 2 is 1.19 bits per heavy atom. The zero-order valence-electron chi connectivity index (χ0n) is 13.9. The molecule has 0 spiro atoms. The highest BCUT2D eigenvalue weighted by molar-refractivity contribution is 8.03. The Bertz CT molecular complexity index is 1140. The third kappa shape index (κ3) is 4.06. The molecule has 0 saturated carbocycles. The van der Waals surface area contributed by atoms with Crippen molar-refractivity contribution in [2.45, 2.75) is 15.3 Å². The number of benzene rings is 3. The Labute approximate surface area is 156 Å². The molecule has 0 saturated heterocycles. The topological polar surface area (TPSA) is 63.6 Å². The molecule has 0 N–H and O–H groups in total. The van der Waals surface area contributed by atoms with E-state index in [1.165, 1.54) is 48.5 Å². The average Bonchev–Trinajstić information content (AvgIpc) is 2.69. The maximum atomic E-state index is 15.3. The Morgan fingerprint density at radius 3 is 1.70 bits per heavy atom. The van der Waals surface area contributed by atoms with Gasteiger partial charge in [-0.1, -0.05) is 52.3 Å². The van der Waals surface area contributed by atoms with Crippen LogP contribution in [-0.2, 0) is 19.8 Å². The first-order valence-corrected chi connectivity index (χ1v) is 10.9. The number of rotatable bonds is 5. The van der Waals surface area contributed by atoms with Crippen molar-refractivity contribution in [1.82, 2.24) is 0 Å². The minimum Gasteiger partial charge on any atom is -0.240 e. The molecule has 0 radical (unpaired) electrons. The van der Waals surface area contributed by atoms with Crippen molar-refractivity contribution in [3.63, 3.8) is 0 Å². The smallest absolute Gasteiger partial charge is 0.240 e. The van der Waals surface area contributed by atoms with Gasteiger partial charge in [0.2, 0.25) is 5.50 Å². The molecule has 3 rings (SSSR count). The highest BCUT2D eigenvalue weighted by Gasteiger charge is 2.30. The molecule has 0 amide bonds. The van der Waals surface area contributed by atoms with Gasteiger partial charge in [-0.05, 0) is 36.4 Å². The van der Waals surface area contributed by atoms with Crippen LogP contribution in [-0.4, -0.2) is 12.6 Å². The molecule has 0 bridgehead atoms. The van der Waals surface area contributed by atoms with E-state index in [0.717, 1.165) is 24.3 Å². The van der Waals surface area contributed by atoms with Gasteiger partial charge in [0.25, 0.3) is 10.0 Å². The predicted octanol–water partition coefficient (Wildman–Crippen LogP) is 4.71. The molecule has 3 aromatic carbocycles. The first-order chi connectivity index (χ1) is 12.8. The quantitative estimate of drug-likeness (QED) is 0.615. The standard InChI is InChI=1S/C19H15F2NO3S2/c20-16-13-11-15(12-14-16)19(21)26(23,17-7-3-1-4-8-17)22-27(24,25)18-9-5-2-6-10-18/h1-14,19H/t19-,26-/m1/s1. The molecular weight excluding hydrogens is 392 g/mol. The maximum absolute atomic E-state index is 15.3. The molecule has 0 heterocycles. The Kier molecular flexibility index (Phi) is 5.38. The molecular formula is C19H15F2NO3S2. The molecule has 0 aliphatic heterocycles. The highest BCUT2D eigenvalue weighted by atomic mass is 32.3. The van der Waals surface area contributed by atoms with Crippen molar-refractivity contribution in [2.24, 2.45) is 3.77 Å². The minimum absolute atomic E-state index is 0.0682. The molecule has 4 nitrogen and oxygen atoms in total. The maximum Gasteiger partial charge on any atom is 0.290 e. The van der Waals surface area contributed by atoms with Gasteiger partial charge in [-0.15, -0.1) is 0 Å². The normalized spacial score (nSPS) is 14.9. The summed E-state index contributed by atoms with van der Waals surface area (Å²) in [5, 5.41) is 0. The van der Waals surface area contributed by atoms with Crippen LogP contribution < -0.4 is 0 Å². The Morgan fingerprint density at radius 1 is 0.704 bits per heavy atom. The van der Waals surface area contributed by atoms with Gasteiger partial charge in [0.1, 0.15) is 15.5 Å². The van der Waals surface area contributed by atoms with Crippen molar-refractivity contribution >= 4 is 19.8 Å².